The first-order chi connectivity index (χ1) is 10.6. The Hall–Kier alpha value is -1.63. The lowest BCUT2D eigenvalue weighted by molar-refractivity contribution is -0.131. The summed E-state index contributed by atoms with van der Waals surface area (Å²) in [6.45, 7) is 5.64. The molecule has 1 aromatic heterocycles. The Balaban J connectivity index is 1.36. The number of hydrogen-bond donors (Lipinski definition) is 1. The van der Waals surface area contributed by atoms with Gasteiger partial charge in [0, 0.05) is 56.6 Å². The summed E-state index contributed by atoms with van der Waals surface area (Å²) in [6.07, 6.45) is 3.18. The molecule has 1 aliphatic carbocycles. The van der Waals surface area contributed by atoms with Crippen molar-refractivity contribution in [2.75, 3.05) is 37.6 Å². The minimum Gasteiger partial charge on any atom is -0.355 e. The van der Waals surface area contributed by atoms with Crippen molar-refractivity contribution in [1.82, 2.24) is 15.2 Å². The van der Waals surface area contributed by atoms with Crippen LogP contribution in [0.25, 0.3) is 0 Å². The van der Waals surface area contributed by atoms with Crippen molar-refractivity contribution in [3.05, 3.63) is 11.6 Å². The molecule has 1 N–H and O–H groups in total. The Morgan fingerprint density at radius 1 is 1.36 bits per heavy atom. The molecule has 1 saturated heterocycles. The molecule has 7 heteroatoms. The zero-order valence-corrected chi connectivity index (χ0v) is 13.6. The third-order valence-electron chi connectivity index (χ3n) is 4.41. The topological polar surface area (TPSA) is 65.5 Å². The first kappa shape index (κ1) is 15.3. The van der Waals surface area contributed by atoms with Crippen LogP contribution >= 0.6 is 11.3 Å². The number of carbonyl (C=O) groups excluding carboxylic acids is 2. The van der Waals surface area contributed by atoms with Gasteiger partial charge in [-0.2, -0.15) is 0 Å². The monoisotopic (exact) mass is 322 g/mol. The highest BCUT2D eigenvalue weighted by molar-refractivity contribution is 7.13. The average Bonchev–Trinajstić information content (AvgIpc) is 3.03. The molecule has 6 nitrogen and oxygen atoms in total. The number of rotatable bonds is 5. The van der Waals surface area contributed by atoms with Gasteiger partial charge in [-0.05, 0) is 12.3 Å². The highest BCUT2D eigenvalue weighted by Crippen LogP contribution is 2.37. The fourth-order valence-electron chi connectivity index (χ4n) is 2.79. The van der Waals surface area contributed by atoms with Gasteiger partial charge in [0.15, 0.2) is 5.13 Å². The Morgan fingerprint density at radius 3 is 2.68 bits per heavy atom. The van der Waals surface area contributed by atoms with Crippen molar-refractivity contribution >= 4 is 28.3 Å². The number of nitrogens with one attached hydrogen (secondary N) is 1. The van der Waals surface area contributed by atoms with Gasteiger partial charge in [0.2, 0.25) is 11.8 Å². The smallest absolute Gasteiger partial charge is 0.224 e. The molecule has 0 aromatic carbocycles. The van der Waals surface area contributed by atoms with E-state index in [4.69, 9.17) is 0 Å². The van der Waals surface area contributed by atoms with E-state index in [0.29, 0.717) is 18.9 Å². The second-order valence-corrected chi connectivity index (χ2v) is 6.92. The van der Waals surface area contributed by atoms with E-state index in [9.17, 15) is 9.59 Å². The normalized spacial score (nSPS) is 24.2. The van der Waals surface area contributed by atoms with Gasteiger partial charge < -0.3 is 15.1 Å². The van der Waals surface area contributed by atoms with Gasteiger partial charge in [0.1, 0.15) is 0 Å². The fraction of sp³-hybridized carbons (Fsp3) is 0.667. The van der Waals surface area contributed by atoms with Gasteiger partial charge in [0.25, 0.3) is 0 Å². The standard InChI is InChI=1S/C15H22N4O2S/c1-11-10-12(11)14(21)16-3-2-13(20)18-5-7-19(8-6-18)15-17-4-9-22-15/h4,9,11-12H,2-3,5-8,10H2,1H3,(H,16,21)/t11-,12-/m1/s1. The molecule has 0 radical (unpaired) electrons. The second-order valence-electron chi connectivity index (χ2n) is 6.04. The second kappa shape index (κ2) is 6.64. The summed E-state index contributed by atoms with van der Waals surface area (Å²) < 4.78 is 0. The van der Waals surface area contributed by atoms with E-state index in [-0.39, 0.29) is 17.7 Å². The van der Waals surface area contributed by atoms with Gasteiger partial charge in [-0.25, -0.2) is 4.98 Å². The molecule has 120 valence electrons. The number of piperazine rings is 1. The van der Waals surface area contributed by atoms with Crippen LogP contribution in [0.3, 0.4) is 0 Å². The molecule has 1 aromatic rings. The molecule has 2 heterocycles. The average molecular weight is 322 g/mol. The van der Waals surface area contributed by atoms with E-state index >= 15 is 0 Å². The Morgan fingerprint density at radius 2 is 2.09 bits per heavy atom. The fourth-order valence-corrected chi connectivity index (χ4v) is 3.49. The van der Waals surface area contributed by atoms with Crippen LogP contribution in [0, 0.1) is 11.8 Å². The van der Waals surface area contributed by atoms with Crippen LogP contribution < -0.4 is 10.2 Å². The number of aromatic nitrogens is 1. The molecular formula is C15H22N4O2S. The zero-order valence-electron chi connectivity index (χ0n) is 12.8. The maximum absolute atomic E-state index is 12.2. The highest BCUT2D eigenvalue weighted by Gasteiger charge is 2.38. The third kappa shape index (κ3) is 3.58. The van der Waals surface area contributed by atoms with Crippen LogP contribution in [0.4, 0.5) is 5.13 Å². The van der Waals surface area contributed by atoms with Crippen LogP contribution in [0.1, 0.15) is 19.8 Å². The molecule has 3 rings (SSSR count). The first-order valence-corrected chi connectivity index (χ1v) is 8.73. The lowest BCUT2D eigenvalue weighted by Gasteiger charge is -2.34. The van der Waals surface area contributed by atoms with Crippen molar-refractivity contribution in [1.29, 1.82) is 0 Å². The number of hydrogen-bond acceptors (Lipinski definition) is 5. The third-order valence-corrected chi connectivity index (χ3v) is 5.24. The molecule has 2 fully saturated rings. The lowest BCUT2D eigenvalue weighted by Crippen LogP contribution is -2.49. The molecule has 0 spiro atoms. The van der Waals surface area contributed by atoms with E-state index in [1.807, 2.05) is 10.3 Å². The summed E-state index contributed by atoms with van der Waals surface area (Å²) >= 11 is 1.63. The van der Waals surface area contributed by atoms with E-state index < -0.39 is 0 Å². The minimum atomic E-state index is 0.105. The largest absolute Gasteiger partial charge is 0.355 e. The molecule has 2 amide bonds. The van der Waals surface area contributed by atoms with Crippen LogP contribution in [-0.2, 0) is 9.59 Å². The van der Waals surface area contributed by atoms with E-state index in [1.165, 1.54) is 0 Å². The van der Waals surface area contributed by atoms with E-state index in [1.54, 1.807) is 17.5 Å². The number of carbonyl (C=O) groups is 2. The Labute approximate surface area is 134 Å². The SMILES string of the molecule is C[C@@H]1C[C@H]1C(=O)NCCC(=O)N1CCN(c2nccs2)CC1. The van der Waals surface area contributed by atoms with Crippen molar-refractivity contribution in [3.8, 4) is 0 Å². The van der Waals surface area contributed by atoms with Gasteiger partial charge in [0.05, 0.1) is 0 Å². The van der Waals surface area contributed by atoms with Crippen molar-refractivity contribution < 1.29 is 9.59 Å². The summed E-state index contributed by atoms with van der Waals surface area (Å²) in [5.74, 6) is 0.920. The predicted octanol–water partition coefficient (Wildman–Crippen LogP) is 0.954. The summed E-state index contributed by atoms with van der Waals surface area (Å²) in [7, 11) is 0. The van der Waals surface area contributed by atoms with Crippen molar-refractivity contribution in [2.45, 2.75) is 19.8 Å². The summed E-state index contributed by atoms with van der Waals surface area (Å²) in [4.78, 5) is 32.3. The van der Waals surface area contributed by atoms with E-state index in [0.717, 1.165) is 37.7 Å². The Kier molecular flexibility index (Phi) is 4.61. The Bertz CT molecular complexity index is 526. The lowest BCUT2D eigenvalue weighted by atomic mass is 10.2. The van der Waals surface area contributed by atoms with E-state index in [2.05, 4.69) is 22.1 Å². The maximum atomic E-state index is 12.2. The molecule has 0 bridgehead atoms. The number of nitrogens with zero attached hydrogens (tertiary/aromatic N) is 3. The molecule has 1 saturated carbocycles. The molecule has 2 atom stereocenters. The van der Waals surface area contributed by atoms with Crippen molar-refractivity contribution in [3.63, 3.8) is 0 Å². The summed E-state index contributed by atoms with van der Waals surface area (Å²) in [6, 6.07) is 0. The number of amides is 2. The molecule has 2 aliphatic rings. The summed E-state index contributed by atoms with van der Waals surface area (Å²) in [5, 5.41) is 5.87. The van der Waals surface area contributed by atoms with Crippen molar-refractivity contribution in [2.24, 2.45) is 11.8 Å². The highest BCUT2D eigenvalue weighted by atomic mass is 32.1. The first-order valence-electron chi connectivity index (χ1n) is 7.85. The molecule has 22 heavy (non-hydrogen) atoms. The quantitative estimate of drug-likeness (QED) is 0.877. The van der Waals surface area contributed by atoms with Gasteiger partial charge in [-0.15, -0.1) is 11.3 Å². The number of thiazole rings is 1. The van der Waals surface area contributed by atoms with Crippen LogP contribution in [-0.4, -0.2) is 54.4 Å². The summed E-state index contributed by atoms with van der Waals surface area (Å²) in [5.41, 5.74) is 0. The van der Waals surface area contributed by atoms with Gasteiger partial charge >= 0.3 is 0 Å². The molecular weight excluding hydrogens is 300 g/mol. The van der Waals surface area contributed by atoms with Crippen LogP contribution in [0.2, 0.25) is 0 Å². The molecule has 0 unspecified atom stereocenters. The minimum absolute atomic E-state index is 0.105. The predicted molar refractivity (Wildman–Crippen MR) is 85.8 cm³/mol. The van der Waals surface area contributed by atoms with Crippen LogP contribution in [0.15, 0.2) is 11.6 Å². The maximum Gasteiger partial charge on any atom is 0.224 e. The molecule has 1 aliphatic heterocycles. The van der Waals surface area contributed by atoms with Gasteiger partial charge in [-0.1, -0.05) is 6.92 Å². The zero-order chi connectivity index (χ0) is 15.5. The number of anilines is 1. The van der Waals surface area contributed by atoms with Gasteiger partial charge in [-0.3, -0.25) is 9.59 Å². The van der Waals surface area contributed by atoms with Crippen LogP contribution in [0.5, 0.6) is 0 Å².